The standard InChI is InChI=1S/C8H9BrF2N2/c1-4-5(12)2-6(8(10)11)13-7(4)3-9/h2,8H,3H2,1H3,(H2,12,13). The molecule has 0 aliphatic carbocycles. The third-order valence-electron chi connectivity index (χ3n) is 1.78. The van der Waals surface area contributed by atoms with Crippen LogP contribution in [0.5, 0.6) is 0 Å². The van der Waals surface area contributed by atoms with Gasteiger partial charge < -0.3 is 5.73 Å². The number of anilines is 1. The fourth-order valence-corrected chi connectivity index (χ4v) is 1.49. The Morgan fingerprint density at radius 1 is 1.62 bits per heavy atom. The zero-order chi connectivity index (χ0) is 10.0. The van der Waals surface area contributed by atoms with E-state index < -0.39 is 6.43 Å². The molecule has 1 aromatic rings. The van der Waals surface area contributed by atoms with Crippen LogP contribution in [0.25, 0.3) is 0 Å². The van der Waals surface area contributed by atoms with Crippen molar-refractivity contribution in [1.82, 2.24) is 4.98 Å². The Labute approximate surface area is 83.3 Å². The van der Waals surface area contributed by atoms with Gasteiger partial charge in [-0.25, -0.2) is 8.78 Å². The predicted octanol–water partition coefficient (Wildman–Crippen LogP) is 2.80. The van der Waals surface area contributed by atoms with Gasteiger partial charge in [0.2, 0.25) is 0 Å². The van der Waals surface area contributed by atoms with Gasteiger partial charge in [-0.3, -0.25) is 4.98 Å². The minimum Gasteiger partial charge on any atom is -0.398 e. The van der Waals surface area contributed by atoms with E-state index in [0.717, 1.165) is 5.56 Å². The summed E-state index contributed by atoms with van der Waals surface area (Å²) in [7, 11) is 0. The van der Waals surface area contributed by atoms with Gasteiger partial charge in [0.25, 0.3) is 6.43 Å². The molecule has 1 heterocycles. The maximum absolute atomic E-state index is 12.3. The SMILES string of the molecule is Cc1c(N)cc(C(F)F)nc1CBr. The van der Waals surface area contributed by atoms with Crippen molar-refractivity contribution < 1.29 is 8.78 Å². The van der Waals surface area contributed by atoms with Gasteiger partial charge in [0, 0.05) is 11.0 Å². The van der Waals surface area contributed by atoms with E-state index in [1.165, 1.54) is 6.07 Å². The summed E-state index contributed by atoms with van der Waals surface area (Å²) in [4.78, 5) is 3.77. The van der Waals surface area contributed by atoms with Gasteiger partial charge in [0.05, 0.1) is 5.69 Å². The molecule has 0 saturated heterocycles. The van der Waals surface area contributed by atoms with Crippen LogP contribution >= 0.6 is 15.9 Å². The van der Waals surface area contributed by atoms with Gasteiger partial charge in [0.1, 0.15) is 5.69 Å². The van der Waals surface area contributed by atoms with Crippen LogP contribution in [-0.2, 0) is 5.33 Å². The molecule has 0 amide bonds. The Balaban J connectivity index is 3.22. The number of hydrogen-bond acceptors (Lipinski definition) is 2. The summed E-state index contributed by atoms with van der Waals surface area (Å²) in [5, 5.41) is 0.434. The number of hydrogen-bond donors (Lipinski definition) is 1. The lowest BCUT2D eigenvalue weighted by molar-refractivity contribution is 0.146. The molecule has 2 N–H and O–H groups in total. The Kier molecular flexibility index (Phi) is 3.19. The number of alkyl halides is 3. The van der Waals surface area contributed by atoms with Gasteiger partial charge in [-0.2, -0.15) is 0 Å². The van der Waals surface area contributed by atoms with E-state index in [4.69, 9.17) is 5.73 Å². The molecule has 0 atom stereocenters. The van der Waals surface area contributed by atoms with E-state index in [9.17, 15) is 8.78 Å². The van der Waals surface area contributed by atoms with E-state index in [-0.39, 0.29) is 5.69 Å². The second-order valence-electron chi connectivity index (χ2n) is 2.64. The summed E-state index contributed by atoms with van der Waals surface area (Å²) in [6.07, 6.45) is -2.57. The molecule has 13 heavy (non-hydrogen) atoms. The summed E-state index contributed by atoms with van der Waals surface area (Å²) in [6, 6.07) is 1.21. The number of pyridine rings is 1. The normalized spacial score (nSPS) is 10.8. The number of aromatic nitrogens is 1. The minimum absolute atomic E-state index is 0.266. The first kappa shape index (κ1) is 10.4. The molecular weight excluding hydrogens is 242 g/mol. The van der Waals surface area contributed by atoms with Gasteiger partial charge in [-0.15, -0.1) is 0 Å². The summed E-state index contributed by atoms with van der Waals surface area (Å²) in [5.41, 5.74) is 6.95. The first-order valence-corrected chi connectivity index (χ1v) is 4.78. The predicted molar refractivity (Wildman–Crippen MR) is 51.0 cm³/mol. The highest BCUT2D eigenvalue weighted by Crippen LogP contribution is 2.23. The lowest BCUT2D eigenvalue weighted by Gasteiger charge is -2.08. The second kappa shape index (κ2) is 4.00. The van der Waals surface area contributed by atoms with Gasteiger partial charge in [-0.1, -0.05) is 15.9 Å². The molecule has 0 radical (unpaired) electrons. The summed E-state index contributed by atoms with van der Waals surface area (Å²) < 4.78 is 24.5. The van der Waals surface area contributed by atoms with Gasteiger partial charge in [0.15, 0.2) is 0 Å². The third kappa shape index (κ3) is 2.15. The van der Waals surface area contributed by atoms with Crippen LogP contribution < -0.4 is 5.73 Å². The van der Waals surface area contributed by atoms with Crippen LogP contribution in [0.3, 0.4) is 0 Å². The molecule has 0 bridgehead atoms. The first-order valence-electron chi connectivity index (χ1n) is 3.66. The monoisotopic (exact) mass is 250 g/mol. The van der Waals surface area contributed by atoms with Crippen LogP contribution in [-0.4, -0.2) is 4.98 Å². The molecular formula is C8H9BrF2N2. The molecule has 0 aromatic carbocycles. The molecule has 0 fully saturated rings. The van der Waals surface area contributed by atoms with Crippen molar-refractivity contribution in [1.29, 1.82) is 0 Å². The van der Waals surface area contributed by atoms with Crippen molar-refractivity contribution in [3.05, 3.63) is 23.0 Å². The fraction of sp³-hybridized carbons (Fsp3) is 0.375. The zero-order valence-electron chi connectivity index (χ0n) is 7.02. The molecule has 5 heteroatoms. The topological polar surface area (TPSA) is 38.9 Å². The van der Waals surface area contributed by atoms with Crippen LogP contribution in [0, 0.1) is 6.92 Å². The minimum atomic E-state index is -2.57. The van der Waals surface area contributed by atoms with E-state index >= 15 is 0 Å². The molecule has 0 spiro atoms. The number of nitrogens with zero attached hydrogens (tertiary/aromatic N) is 1. The molecule has 0 saturated carbocycles. The van der Waals surface area contributed by atoms with Crippen LogP contribution in [0.4, 0.5) is 14.5 Å². The quantitative estimate of drug-likeness (QED) is 0.821. The lowest BCUT2D eigenvalue weighted by Crippen LogP contribution is -2.02. The molecule has 0 aliphatic rings. The Hall–Kier alpha value is -0.710. The van der Waals surface area contributed by atoms with Crippen LogP contribution in [0.2, 0.25) is 0 Å². The molecule has 1 rings (SSSR count). The van der Waals surface area contributed by atoms with Crippen LogP contribution in [0.15, 0.2) is 6.07 Å². The molecule has 1 aromatic heterocycles. The Bertz CT molecular complexity index is 315. The molecule has 2 nitrogen and oxygen atoms in total. The second-order valence-corrected chi connectivity index (χ2v) is 3.20. The van der Waals surface area contributed by atoms with Gasteiger partial charge in [-0.05, 0) is 18.6 Å². The summed E-state index contributed by atoms with van der Waals surface area (Å²) in [5.74, 6) is 0. The summed E-state index contributed by atoms with van der Waals surface area (Å²) >= 11 is 3.16. The highest BCUT2D eigenvalue weighted by atomic mass is 79.9. The maximum Gasteiger partial charge on any atom is 0.280 e. The number of nitrogens with two attached hydrogens (primary N) is 1. The fourth-order valence-electron chi connectivity index (χ4n) is 0.948. The van der Waals surface area contributed by atoms with E-state index in [2.05, 4.69) is 20.9 Å². The number of nitrogen functional groups attached to an aromatic ring is 1. The summed E-state index contributed by atoms with van der Waals surface area (Å²) in [6.45, 7) is 1.76. The largest absolute Gasteiger partial charge is 0.398 e. The lowest BCUT2D eigenvalue weighted by atomic mass is 10.1. The van der Waals surface area contributed by atoms with Crippen molar-refractivity contribution >= 4 is 21.6 Å². The Morgan fingerprint density at radius 2 is 2.23 bits per heavy atom. The van der Waals surface area contributed by atoms with Crippen molar-refractivity contribution in [2.75, 3.05) is 5.73 Å². The molecule has 72 valence electrons. The smallest absolute Gasteiger partial charge is 0.280 e. The van der Waals surface area contributed by atoms with E-state index in [1.807, 2.05) is 0 Å². The highest BCUT2D eigenvalue weighted by Gasteiger charge is 2.12. The van der Waals surface area contributed by atoms with E-state index in [0.29, 0.717) is 16.7 Å². The number of rotatable bonds is 2. The van der Waals surface area contributed by atoms with Crippen molar-refractivity contribution in [2.24, 2.45) is 0 Å². The highest BCUT2D eigenvalue weighted by molar-refractivity contribution is 9.08. The zero-order valence-corrected chi connectivity index (χ0v) is 8.61. The van der Waals surface area contributed by atoms with E-state index in [1.54, 1.807) is 6.92 Å². The van der Waals surface area contributed by atoms with Crippen LogP contribution in [0.1, 0.15) is 23.4 Å². The molecule has 0 aliphatic heterocycles. The Morgan fingerprint density at radius 3 is 2.69 bits per heavy atom. The first-order chi connectivity index (χ1) is 6.06. The molecule has 0 unspecified atom stereocenters. The van der Waals surface area contributed by atoms with Gasteiger partial charge >= 0.3 is 0 Å². The average molecular weight is 251 g/mol. The third-order valence-corrected chi connectivity index (χ3v) is 2.31. The van der Waals surface area contributed by atoms with Crippen molar-refractivity contribution in [3.63, 3.8) is 0 Å². The van der Waals surface area contributed by atoms with Crippen molar-refractivity contribution in [3.8, 4) is 0 Å². The average Bonchev–Trinajstić information content (AvgIpc) is 2.09. The maximum atomic E-state index is 12.3. The number of halogens is 3. The van der Waals surface area contributed by atoms with Crippen molar-refractivity contribution in [2.45, 2.75) is 18.7 Å².